The van der Waals surface area contributed by atoms with Crippen LogP contribution in [0.5, 0.6) is 0 Å². The van der Waals surface area contributed by atoms with Gasteiger partial charge in [0.25, 0.3) is 5.56 Å². The number of hydrogen-bond donors (Lipinski definition) is 1. The first-order valence-corrected chi connectivity index (χ1v) is 8.34. The Morgan fingerprint density at radius 1 is 1.15 bits per heavy atom. The number of carbonyl (C=O) groups is 1. The lowest BCUT2D eigenvalue weighted by Crippen LogP contribution is -2.32. The van der Waals surface area contributed by atoms with Crippen LogP contribution in [-0.2, 0) is 23.9 Å². The van der Waals surface area contributed by atoms with E-state index in [1.165, 1.54) is 22.9 Å². The third kappa shape index (κ3) is 4.71. The van der Waals surface area contributed by atoms with Gasteiger partial charge in [-0.25, -0.2) is 4.68 Å². The minimum Gasteiger partial charge on any atom is -0.354 e. The molecule has 5 nitrogen and oxygen atoms in total. The van der Waals surface area contributed by atoms with Gasteiger partial charge in [0.2, 0.25) is 5.91 Å². The summed E-state index contributed by atoms with van der Waals surface area (Å²) in [6.45, 7) is 0.471. The SMILES string of the molecule is O=C(Cc1ccc(C(F)(F)F)cc1)NCCn1nc(C2CC2)ccc1=O. The van der Waals surface area contributed by atoms with Crippen molar-refractivity contribution in [2.24, 2.45) is 0 Å². The molecule has 26 heavy (non-hydrogen) atoms. The van der Waals surface area contributed by atoms with Crippen LogP contribution in [0.15, 0.2) is 41.2 Å². The van der Waals surface area contributed by atoms with E-state index in [4.69, 9.17) is 0 Å². The molecule has 0 spiro atoms. The minimum atomic E-state index is -4.39. The van der Waals surface area contributed by atoms with Crippen molar-refractivity contribution < 1.29 is 18.0 Å². The summed E-state index contributed by atoms with van der Waals surface area (Å²) >= 11 is 0. The third-order valence-corrected chi connectivity index (χ3v) is 4.17. The highest BCUT2D eigenvalue weighted by molar-refractivity contribution is 5.78. The van der Waals surface area contributed by atoms with Crippen LogP contribution in [0.3, 0.4) is 0 Å². The molecule has 0 bridgehead atoms. The molecule has 1 heterocycles. The number of hydrogen-bond acceptors (Lipinski definition) is 3. The van der Waals surface area contributed by atoms with Gasteiger partial charge in [-0.15, -0.1) is 0 Å². The van der Waals surface area contributed by atoms with Gasteiger partial charge in [0.15, 0.2) is 0 Å². The van der Waals surface area contributed by atoms with E-state index in [1.807, 2.05) is 0 Å². The maximum absolute atomic E-state index is 12.5. The molecular weight excluding hydrogens is 347 g/mol. The lowest BCUT2D eigenvalue weighted by molar-refractivity contribution is -0.137. The van der Waals surface area contributed by atoms with E-state index in [1.54, 1.807) is 6.07 Å². The van der Waals surface area contributed by atoms with Crippen molar-refractivity contribution in [2.75, 3.05) is 6.54 Å². The van der Waals surface area contributed by atoms with Crippen LogP contribution in [0.25, 0.3) is 0 Å². The lowest BCUT2D eigenvalue weighted by Gasteiger charge is -2.09. The Morgan fingerprint density at radius 2 is 1.85 bits per heavy atom. The molecule has 3 rings (SSSR count). The molecule has 1 aliphatic carbocycles. The highest BCUT2D eigenvalue weighted by Crippen LogP contribution is 2.38. The smallest absolute Gasteiger partial charge is 0.354 e. The van der Waals surface area contributed by atoms with E-state index in [9.17, 15) is 22.8 Å². The number of nitrogens with one attached hydrogen (secondary N) is 1. The molecule has 1 fully saturated rings. The van der Waals surface area contributed by atoms with Gasteiger partial charge in [0, 0.05) is 18.5 Å². The van der Waals surface area contributed by atoms with Crippen molar-refractivity contribution in [2.45, 2.75) is 37.9 Å². The highest BCUT2D eigenvalue weighted by Gasteiger charge is 2.30. The summed E-state index contributed by atoms with van der Waals surface area (Å²) in [5, 5.41) is 6.95. The van der Waals surface area contributed by atoms with Crippen molar-refractivity contribution >= 4 is 5.91 Å². The second-order valence-corrected chi connectivity index (χ2v) is 6.32. The summed E-state index contributed by atoms with van der Waals surface area (Å²) in [6.07, 6.45) is -2.26. The quantitative estimate of drug-likeness (QED) is 0.856. The first kappa shape index (κ1) is 18.2. The Morgan fingerprint density at radius 3 is 2.46 bits per heavy atom. The molecule has 0 atom stereocenters. The predicted molar refractivity (Wildman–Crippen MR) is 88.6 cm³/mol. The number of rotatable bonds is 6. The van der Waals surface area contributed by atoms with Gasteiger partial charge in [0.05, 0.1) is 24.2 Å². The van der Waals surface area contributed by atoms with Gasteiger partial charge in [-0.1, -0.05) is 12.1 Å². The summed E-state index contributed by atoms with van der Waals surface area (Å²) in [6, 6.07) is 7.69. The maximum Gasteiger partial charge on any atom is 0.416 e. The van der Waals surface area contributed by atoms with Crippen molar-refractivity contribution in [3.63, 3.8) is 0 Å². The summed E-state index contributed by atoms with van der Waals surface area (Å²) in [7, 11) is 0. The Bertz CT molecular complexity index is 840. The van der Waals surface area contributed by atoms with E-state index in [2.05, 4.69) is 10.4 Å². The zero-order chi connectivity index (χ0) is 18.7. The van der Waals surface area contributed by atoms with E-state index in [-0.39, 0.29) is 31.0 Å². The number of aromatic nitrogens is 2. The fourth-order valence-corrected chi connectivity index (χ4v) is 2.58. The van der Waals surface area contributed by atoms with Crippen LogP contribution < -0.4 is 10.9 Å². The van der Waals surface area contributed by atoms with Crippen molar-refractivity contribution in [1.82, 2.24) is 15.1 Å². The average molecular weight is 365 g/mol. The van der Waals surface area contributed by atoms with Gasteiger partial charge in [-0.05, 0) is 36.6 Å². The summed E-state index contributed by atoms with van der Waals surface area (Å²) in [5.41, 5.74) is 0.399. The molecule has 1 aliphatic rings. The van der Waals surface area contributed by atoms with E-state index < -0.39 is 11.7 Å². The molecule has 138 valence electrons. The second kappa shape index (κ2) is 7.31. The van der Waals surface area contributed by atoms with Crippen molar-refractivity contribution in [3.8, 4) is 0 Å². The van der Waals surface area contributed by atoms with Crippen LogP contribution in [0.2, 0.25) is 0 Å². The zero-order valence-electron chi connectivity index (χ0n) is 13.9. The van der Waals surface area contributed by atoms with Gasteiger partial charge in [-0.2, -0.15) is 18.3 Å². The largest absolute Gasteiger partial charge is 0.416 e. The van der Waals surface area contributed by atoms with Gasteiger partial charge in [-0.3, -0.25) is 9.59 Å². The van der Waals surface area contributed by atoms with E-state index in [0.717, 1.165) is 30.7 Å². The number of halogens is 3. The number of benzene rings is 1. The predicted octanol–water partition coefficient (Wildman–Crippen LogP) is 2.50. The summed E-state index contributed by atoms with van der Waals surface area (Å²) < 4.78 is 38.9. The Hall–Kier alpha value is -2.64. The standard InChI is InChI=1S/C18H18F3N3O2/c19-18(20,21)14-5-1-12(2-6-14)11-16(25)22-9-10-24-17(26)8-7-15(23-24)13-3-4-13/h1-2,5-8,13H,3-4,9-11H2,(H,22,25). The fraction of sp³-hybridized carbons (Fsp3) is 0.389. The number of carbonyl (C=O) groups excluding carboxylic acids is 1. The molecule has 1 aromatic carbocycles. The lowest BCUT2D eigenvalue weighted by atomic mass is 10.1. The monoisotopic (exact) mass is 365 g/mol. The zero-order valence-corrected chi connectivity index (χ0v) is 13.9. The van der Waals surface area contributed by atoms with Crippen LogP contribution in [0, 0.1) is 0 Å². The van der Waals surface area contributed by atoms with Crippen LogP contribution in [0.4, 0.5) is 13.2 Å². The molecule has 0 saturated heterocycles. The van der Waals surface area contributed by atoms with Crippen LogP contribution >= 0.6 is 0 Å². The first-order chi connectivity index (χ1) is 12.3. The molecule has 1 N–H and O–H groups in total. The minimum absolute atomic E-state index is 0.0252. The third-order valence-electron chi connectivity index (χ3n) is 4.17. The molecular formula is C18H18F3N3O2. The Kier molecular flexibility index (Phi) is 5.11. The Labute approximate surface area is 147 Å². The van der Waals surface area contributed by atoms with Gasteiger partial charge < -0.3 is 5.32 Å². The first-order valence-electron chi connectivity index (χ1n) is 8.34. The Balaban J connectivity index is 1.50. The maximum atomic E-state index is 12.5. The van der Waals surface area contributed by atoms with Crippen LogP contribution in [0.1, 0.15) is 35.6 Å². The topological polar surface area (TPSA) is 64.0 Å². The summed E-state index contributed by atoms with van der Waals surface area (Å²) in [4.78, 5) is 23.7. The number of alkyl halides is 3. The normalized spacial score (nSPS) is 14.3. The fourth-order valence-electron chi connectivity index (χ4n) is 2.58. The molecule has 0 unspecified atom stereocenters. The van der Waals surface area contributed by atoms with Crippen molar-refractivity contribution in [3.05, 3.63) is 63.6 Å². The summed E-state index contributed by atoms with van der Waals surface area (Å²) in [5.74, 6) is 0.104. The molecule has 0 aliphatic heterocycles. The van der Waals surface area contributed by atoms with E-state index in [0.29, 0.717) is 11.5 Å². The van der Waals surface area contributed by atoms with Gasteiger partial charge >= 0.3 is 6.18 Å². The number of nitrogens with zero attached hydrogens (tertiary/aromatic N) is 2. The van der Waals surface area contributed by atoms with Crippen molar-refractivity contribution in [1.29, 1.82) is 0 Å². The average Bonchev–Trinajstić information content (AvgIpc) is 3.41. The van der Waals surface area contributed by atoms with Gasteiger partial charge in [0.1, 0.15) is 0 Å². The molecule has 8 heteroatoms. The van der Waals surface area contributed by atoms with E-state index >= 15 is 0 Å². The van der Waals surface area contributed by atoms with Crippen LogP contribution in [-0.4, -0.2) is 22.2 Å². The molecule has 2 aromatic rings. The molecule has 1 saturated carbocycles. The molecule has 1 aromatic heterocycles. The highest BCUT2D eigenvalue weighted by atomic mass is 19.4. The second-order valence-electron chi connectivity index (χ2n) is 6.32. The molecule has 0 radical (unpaired) electrons. The number of amides is 1. The molecule has 1 amide bonds.